The number of rotatable bonds is 2. The number of ether oxygens (including phenoxy) is 3. The monoisotopic (exact) mass is 298 g/mol. The van der Waals surface area contributed by atoms with Gasteiger partial charge in [0.2, 0.25) is 0 Å². The van der Waals surface area contributed by atoms with Gasteiger partial charge in [-0.2, -0.15) is 0 Å². The minimum absolute atomic E-state index is 0.256. The third-order valence-corrected chi connectivity index (χ3v) is 3.86. The number of aliphatic hydroxyl groups is 1. The summed E-state index contributed by atoms with van der Waals surface area (Å²) in [7, 11) is 0. The summed E-state index contributed by atoms with van der Waals surface area (Å²) < 4.78 is 18.7. The van der Waals surface area contributed by atoms with Crippen molar-refractivity contribution in [3.8, 4) is 0 Å². The van der Waals surface area contributed by atoms with Crippen LogP contribution in [-0.4, -0.2) is 44.9 Å². The van der Waals surface area contributed by atoms with Gasteiger partial charge in [0, 0.05) is 12.3 Å². The predicted octanol–water partition coefficient (Wildman–Crippen LogP) is -0.663. The molecule has 0 spiro atoms. The lowest BCUT2D eigenvalue weighted by atomic mass is 9.96. The van der Waals surface area contributed by atoms with Gasteiger partial charge < -0.3 is 19.3 Å². The largest absolute Gasteiger partial charge is 0.394 e. The molecule has 0 bridgehead atoms. The highest BCUT2D eigenvalue weighted by atomic mass is 16.8. The molecule has 8 nitrogen and oxygen atoms in total. The van der Waals surface area contributed by atoms with Crippen LogP contribution in [0.25, 0.3) is 0 Å². The molecule has 0 radical (unpaired) electrons. The molecule has 1 unspecified atom stereocenters. The van der Waals surface area contributed by atoms with Crippen LogP contribution in [0.1, 0.15) is 27.0 Å². The fourth-order valence-electron chi connectivity index (χ4n) is 3.13. The molecule has 21 heavy (non-hydrogen) atoms. The molecule has 4 atom stereocenters. The zero-order chi connectivity index (χ0) is 15.4. The third kappa shape index (κ3) is 2.15. The Morgan fingerprint density at radius 2 is 2.10 bits per heavy atom. The standard InChI is InChI=1S/C13H18N2O6/c1-12(2)20-9-7(6-16)19-10(13(9,3)21-12)15-5-4-8(17)14-11(15)18/h4-5,7,9-10,16H,6H2,1-3H3,(H,14,17,18)/t7-,9?,10-,13-/m1/s1. The van der Waals surface area contributed by atoms with E-state index in [-0.39, 0.29) is 6.61 Å². The zero-order valence-electron chi connectivity index (χ0n) is 12.0. The van der Waals surface area contributed by atoms with Crippen LogP contribution in [0.3, 0.4) is 0 Å². The molecule has 3 heterocycles. The maximum Gasteiger partial charge on any atom is 0.330 e. The lowest BCUT2D eigenvalue weighted by Crippen LogP contribution is -2.45. The summed E-state index contributed by atoms with van der Waals surface area (Å²) in [4.78, 5) is 25.3. The Labute approximate surface area is 120 Å². The predicted molar refractivity (Wildman–Crippen MR) is 70.8 cm³/mol. The van der Waals surface area contributed by atoms with Crippen LogP contribution >= 0.6 is 0 Å². The molecule has 0 aliphatic carbocycles. The first-order valence-electron chi connectivity index (χ1n) is 6.72. The summed E-state index contributed by atoms with van der Waals surface area (Å²) in [5.41, 5.74) is -2.03. The topological polar surface area (TPSA) is 103 Å². The average Bonchev–Trinajstić information content (AvgIpc) is 2.76. The van der Waals surface area contributed by atoms with Gasteiger partial charge in [0.05, 0.1) is 6.61 Å². The van der Waals surface area contributed by atoms with Crippen molar-refractivity contribution in [1.29, 1.82) is 0 Å². The van der Waals surface area contributed by atoms with E-state index in [9.17, 15) is 14.7 Å². The van der Waals surface area contributed by atoms with Crippen LogP contribution < -0.4 is 11.2 Å². The van der Waals surface area contributed by atoms with Crippen LogP contribution in [-0.2, 0) is 14.2 Å². The minimum atomic E-state index is -0.945. The van der Waals surface area contributed by atoms with E-state index in [2.05, 4.69) is 4.98 Å². The Kier molecular flexibility index (Phi) is 3.10. The van der Waals surface area contributed by atoms with E-state index in [1.807, 2.05) is 0 Å². The number of fused-ring (bicyclic) bond motifs is 1. The van der Waals surface area contributed by atoms with E-state index in [0.29, 0.717) is 0 Å². The lowest BCUT2D eigenvalue weighted by molar-refractivity contribution is -0.218. The van der Waals surface area contributed by atoms with Crippen LogP contribution in [0.5, 0.6) is 0 Å². The van der Waals surface area contributed by atoms with Crippen LogP contribution in [0.4, 0.5) is 0 Å². The molecular weight excluding hydrogens is 280 g/mol. The van der Waals surface area contributed by atoms with Crippen LogP contribution in [0.2, 0.25) is 0 Å². The first-order valence-corrected chi connectivity index (χ1v) is 6.72. The molecule has 2 saturated heterocycles. The maximum atomic E-state index is 12.0. The fourth-order valence-corrected chi connectivity index (χ4v) is 3.13. The second kappa shape index (κ2) is 4.51. The van der Waals surface area contributed by atoms with Gasteiger partial charge >= 0.3 is 5.69 Å². The van der Waals surface area contributed by atoms with Crippen molar-refractivity contribution in [2.24, 2.45) is 0 Å². The van der Waals surface area contributed by atoms with Gasteiger partial charge in [-0.3, -0.25) is 14.3 Å². The quantitative estimate of drug-likeness (QED) is 0.751. The molecule has 2 N–H and O–H groups in total. The molecule has 0 amide bonds. The van der Waals surface area contributed by atoms with Gasteiger partial charge in [0.25, 0.3) is 5.56 Å². The van der Waals surface area contributed by atoms with Crippen molar-refractivity contribution in [2.75, 3.05) is 6.61 Å². The SMILES string of the molecule is CC1(C)OC2[C@@H](CO)O[C@@H](n3ccc(=O)[nH]c3=O)[C@]2(C)O1. The van der Waals surface area contributed by atoms with E-state index >= 15 is 0 Å². The molecule has 2 aliphatic rings. The highest BCUT2D eigenvalue weighted by Crippen LogP contribution is 2.50. The van der Waals surface area contributed by atoms with Gasteiger partial charge in [-0.25, -0.2) is 4.79 Å². The van der Waals surface area contributed by atoms with Crippen LogP contribution in [0.15, 0.2) is 21.9 Å². The van der Waals surface area contributed by atoms with Crippen molar-refractivity contribution >= 4 is 0 Å². The van der Waals surface area contributed by atoms with Crippen molar-refractivity contribution in [2.45, 2.75) is 50.6 Å². The van der Waals surface area contributed by atoms with E-state index in [0.717, 1.165) is 0 Å². The summed E-state index contributed by atoms with van der Waals surface area (Å²) in [6.45, 7) is 5.04. The van der Waals surface area contributed by atoms with E-state index in [4.69, 9.17) is 14.2 Å². The van der Waals surface area contributed by atoms with Gasteiger partial charge in [0.1, 0.15) is 17.8 Å². The molecule has 0 saturated carbocycles. The Hall–Kier alpha value is -1.48. The van der Waals surface area contributed by atoms with Crippen molar-refractivity contribution in [1.82, 2.24) is 9.55 Å². The fraction of sp³-hybridized carbons (Fsp3) is 0.692. The molecular formula is C13H18N2O6. The summed E-state index contributed by atoms with van der Waals surface area (Å²) in [5, 5.41) is 9.47. The number of aromatic amines is 1. The lowest BCUT2D eigenvalue weighted by Gasteiger charge is -2.30. The molecule has 2 fully saturated rings. The molecule has 1 aromatic heterocycles. The van der Waals surface area contributed by atoms with E-state index in [1.165, 1.54) is 16.8 Å². The minimum Gasteiger partial charge on any atom is -0.394 e. The first kappa shape index (κ1) is 14.5. The Bertz CT molecular complexity index is 665. The van der Waals surface area contributed by atoms with E-state index in [1.54, 1.807) is 20.8 Å². The number of nitrogens with one attached hydrogen (secondary N) is 1. The molecule has 8 heteroatoms. The Morgan fingerprint density at radius 1 is 1.38 bits per heavy atom. The number of hydrogen-bond acceptors (Lipinski definition) is 6. The Balaban J connectivity index is 2.07. The maximum absolute atomic E-state index is 12.0. The highest BCUT2D eigenvalue weighted by molar-refractivity contribution is 5.06. The second-order valence-electron chi connectivity index (χ2n) is 5.95. The number of H-pyrrole nitrogens is 1. The number of hydrogen-bond donors (Lipinski definition) is 2. The summed E-state index contributed by atoms with van der Waals surface area (Å²) in [6.07, 6.45) is -0.574. The third-order valence-electron chi connectivity index (χ3n) is 3.86. The van der Waals surface area contributed by atoms with Crippen LogP contribution in [0, 0.1) is 0 Å². The van der Waals surface area contributed by atoms with Gasteiger partial charge in [0.15, 0.2) is 12.0 Å². The number of aromatic nitrogens is 2. The van der Waals surface area contributed by atoms with Crippen molar-refractivity contribution < 1.29 is 19.3 Å². The molecule has 0 aromatic carbocycles. The van der Waals surface area contributed by atoms with Crippen molar-refractivity contribution in [3.05, 3.63) is 33.1 Å². The molecule has 2 aliphatic heterocycles. The zero-order valence-corrected chi connectivity index (χ0v) is 12.0. The Morgan fingerprint density at radius 3 is 2.71 bits per heavy atom. The molecule has 3 rings (SSSR count). The second-order valence-corrected chi connectivity index (χ2v) is 5.95. The summed E-state index contributed by atoms with van der Waals surface area (Å²) in [5.74, 6) is -0.847. The highest BCUT2D eigenvalue weighted by Gasteiger charge is 2.64. The van der Waals surface area contributed by atoms with Gasteiger partial charge in [-0.15, -0.1) is 0 Å². The summed E-state index contributed by atoms with van der Waals surface area (Å²) >= 11 is 0. The van der Waals surface area contributed by atoms with Gasteiger partial charge in [-0.1, -0.05) is 0 Å². The summed E-state index contributed by atoms with van der Waals surface area (Å²) in [6, 6.07) is 1.23. The average molecular weight is 298 g/mol. The number of nitrogens with zero attached hydrogens (tertiary/aromatic N) is 1. The first-order chi connectivity index (χ1) is 9.77. The normalized spacial score (nSPS) is 37.6. The molecule has 1 aromatic rings. The number of aliphatic hydroxyl groups excluding tert-OH is 1. The molecule has 116 valence electrons. The smallest absolute Gasteiger partial charge is 0.330 e. The van der Waals surface area contributed by atoms with Crippen molar-refractivity contribution in [3.63, 3.8) is 0 Å². The van der Waals surface area contributed by atoms with E-state index < -0.39 is 41.1 Å². The van der Waals surface area contributed by atoms with Gasteiger partial charge in [-0.05, 0) is 20.8 Å².